The molecule has 0 radical (unpaired) electrons. The Morgan fingerprint density at radius 2 is 1.80 bits per heavy atom. The van der Waals surface area contributed by atoms with Crippen molar-refractivity contribution in [3.05, 3.63) is 63.6 Å². The average molecular weight is 378 g/mol. The van der Waals surface area contributed by atoms with Crippen molar-refractivity contribution in [2.45, 2.75) is 26.2 Å². The van der Waals surface area contributed by atoms with Crippen LogP contribution in [0.25, 0.3) is 6.08 Å². The summed E-state index contributed by atoms with van der Waals surface area (Å²) in [5, 5.41) is 3.79. The van der Waals surface area contributed by atoms with E-state index in [9.17, 15) is 4.79 Å². The number of hydrogen-bond acceptors (Lipinski definition) is 2. The third kappa shape index (κ3) is 5.25. The lowest BCUT2D eigenvalue weighted by atomic mass is 9.87. The Kier molecular flexibility index (Phi) is 6.15. The number of benzene rings is 2. The molecule has 3 nitrogen and oxygen atoms in total. The first-order chi connectivity index (χ1) is 11.7. The fourth-order valence-corrected chi connectivity index (χ4v) is 2.54. The molecule has 2 rings (SSSR count). The van der Waals surface area contributed by atoms with Crippen molar-refractivity contribution in [2.75, 3.05) is 12.4 Å². The molecule has 0 unspecified atom stereocenters. The van der Waals surface area contributed by atoms with Crippen LogP contribution in [0.1, 0.15) is 31.9 Å². The highest BCUT2D eigenvalue weighted by Crippen LogP contribution is 2.31. The summed E-state index contributed by atoms with van der Waals surface area (Å²) in [5.41, 5.74) is 2.51. The monoisotopic (exact) mass is 377 g/mol. The Bertz CT molecular complexity index is 808. The Morgan fingerprint density at radius 3 is 2.40 bits per heavy atom. The molecule has 0 aliphatic rings. The second-order valence-corrected chi connectivity index (χ2v) is 7.48. The molecule has 132 valence electrons. The lowest BCUT2D eigenvalue weighted by Crippen LogP contribution is -2.14. The highest BCUT2D eigenvalue weighted by molar-refractivity contribution is 6.42. The molecule has 1 amide bonds. The maximum absolute atomic E-state index is 12.3. The van der Waals surface area contributed by atoms with Gasteiger partial charge in [-0.1, -0.05) is 56.1 Å². The molecule has 0 bridgehead atoms. The minimum Gasteiger partial charge on any atom is -0.495 e. The molecule has 0 aliphatic carbocycles. The fraction of sp³-hybridized carbons (Fsp3) is 0.250. The summed E-state index contributed by atoms with van der Waals surface area (Å²) in [6.07, 6.45) is 3.13. The first-order valence-electron chi connectivity index (χ1n) is 7.83. The minimum absolute atomic E-state index is 0.0261. The number of rotatable bonds is 4. The van der Waals surface area contributed by atoms with Crippen LogP contribution in [0.15, 0.2) is 42.5 Å². The van der Waals surface area contributed by atoms with Crippen molar-refractivity contribution in [3.63, 3.8) is 0 Å². The van der Waals surface area contributed by atoms with Crippen molar-refractivity contribution in [3.8, 4) is 5.75 Å². The van der Waals surface area contributed by atoms with Crippen LogP contribution in [0, 0.1) is 0 Å². The van der Waals surface area contributed by atoms with Crippen molar-refractivity contribution >= 4 is 40.9 Å². The number of hydrogen-bond donors (Lipinski definition) is 1. The molecular formula is C20H21Cl2NO2. The molecule has 1 N–H and O–H groups in total. The molecule has 0 saturated heterocycles. The number of halogens is 2. The molecule has 2 aromatic rings. The van der Waals surface area contributed by atoms with E-state index in [1.165, 1.54) is 6.08 Å². The first kappa shape index (κ1) is 19.4. The van der Waals surface area contributed by atoms with E-state index in [1.54, 1.807) is 31.4 Å². The zero-order valence-corrected chi connectivity index (χ0v) is 16.2. The van der Waals surface area contributed by atoms with E-state index in [4.69, 9.17) is 27.9 Å². The third-order valence-corrected chi connectivity index (χ3v) is 4.43. The van der Waals surface area contributed by atoms with Gasteiger partial charge in [0.05, 0.1) is 22.8 Å². The average Bonchev–Trinajstić information content (AvgIpc) is 2.55. The predicted molar refractivity (Wildman–Crippen MR) is 106 cm³/mol. The summed E-state index contributed by atoms with van der Waals surface area (Å²) in [5.74, 6) is 0.361. The van der Waals surface area contributed by atoms with Crippen LogP contribution in [0.5, 0.6) is 5.75 Å². The number of amides is 1. The molecular weight excluding hydrogens is 357 g/mol. The number of ether oxygens (including phenoxy) is 1. The van der Waals surface area contributed by atoms with Crippen molar-refractivity contribution in [1.29, 1.82) is 0 Å². The summed E-state index contributed by atoms with van der Waals surface area (Å²) in [7, 11) is 1.58. The number of anilines is 1. The van der Waals surface area contributed by atoms with Gasteiger partial charge in [-0.05, 0) is 46.9 Å². The van der Waals surface area contributed by atoms with E-state index in [2.05, 4.69) is 26.1 Å². The maximum Gasteiger partial charge on any atom is 0.248 e. The molecule has 0 spiro atoms. The number of nitrogens with one attached hydrogen (secondary N) is 1. The van der Waals surface area contributed by atoms with Gasteiger partial charge in [-0.2, -0.15) is 0 Å². The topological polar surface area (TPSA) is 38.3 Å². The van der Waals surface area contributed by atoms with E-state index in [-0.39, 0.29) is 11.3 Å². The second-order valence-electron chi connectivity index (χ2n) is 6.66. The molecule has 25 heavy (non-hydrogen) atoms. The Morgan fingerprint density at radius 1 is 1.08 bits per heavy atom. The number of carbonyl (C=O) groups is 1. The SMILES string of the molecule is COc1ccc(C(C)(C)C)cc1NC(=O)/C=C/c1ccc(Cl)c(Cl)c1. The van der Waals surface area contributed by atoms with Crippen LogP contribution < -0.4 is 10.1 Å². The van der Waals surface area contributed by atoms with Gasteiger partial charge in [-0.15, -0.1) is 0 Å². The lowest BCUT2D eigenvalue weighted by Gasteiger charge is -2.21. The van der Waals surface area contributed by atoms with E-state index in [1.807, 2.05) is 18.2 Å². The molecule has 0 heterocycles. The van der Waals surface area contributed by atoms with Crippen LogP contribution in [0.3, 0.4) is 0 Å². The molecule has 0 saturated carbocycles. The van der Waals surface area contributed by atoms with E-state index in [0.29, 0.717) is 21.5 Å². The molecule has 2 aromatic carbocycles. The number of carbonyl (C=O) groups excluding carboxylic acids is 1. The zero-order valence-electron chi connectivity index (χ0n) is 14.7. The van der Waals surface area contributed by atoms with Crippen molar-refractivity contribution in [1.82, 2.24) is 0 Å². The Hall–Kier alpha value is -1.97. The van der Waals surface area contributed by atoms with Crippen molar-refractivity contribution < 1.29 is 9.53 Å². The summed E-state index contributed by atoms with van der Waals surface area (Å²) in [6.45, 7) is 6.35. The predicted octanol–water partition coefficient (Wildman–Crippen LogP) is 5.95. The van der Waals surface area contributed by atoms with Crippen LogP contribution in [-0.2, 0) is 10.2 Å². The van der Waals surface area contributed by atoms with E-state index in [0.717, 1.165) is 11.1 Å². The molecule has 0 fully saturated rings. The van der Waals surface area contributed by atoms with Crippen LogP contribution in [0.4, 0.5) is 5.69 Å². The minimum atomic E-state index is -0.254. The largest absolute Gasteiger partial charge is 0.495 e. The molecule has 0 aliphatic heterocycles. The summed E-state index contributed by atoms with van der Waals surface area (Å²) < 4.78 is 5.33. The summed E-state index contributed by atoms with van der Waals surface area (Å²) in [4.78, 5) is 12.3. The van der Waals surface area contributed by atoms with Crippen molar-refractivity contribution in [2.24, 2.45) is 0 Å². The quantitative estimate of drug-likeness (QED) is 0.668. The number of methoxy groups -OCH3 is 1. The van der Waals surface area contributed by atoms with Gasteiger partial charge in [0.2, 0.25) is 5.91 Å². The first-order valence-corrected chi connectivity index (χ1v) is 8.59. The van der Waals surface area contributed by atoms with Gasteiger partial charge in [-0.3, -0.25) is 4.79 Å². The Balaban J connectivity index is 2.19. The van der Waals surface area contributed by atoms with Gasteiger partial charge in [0.25, 0.3) is 0 Å². The summed E-state index contributed by atoms with van der Waals surface area (Å²) in [6, 6.07) is 11.0. The third-order valence-electron chi connectivity index (χ3n) is 3.69. The highest BCUT2D eigenvalue weighted by Gasteiger charge is 2.16. The van der Waals surface area contributed by atoms with E-state index < -0.39 is 0 Å². The maximum atomic E-state index is 12.3. The van der Waals surface area contributed by atoms with Gasteiger partial charge >= 0.3 is 0 Å². The highest BCUT2D eigenvalue weighted by atomic mass is 35.5. The van der Waals surface area contributed by atoms with Crippen LogP contribution in [-0.4, -0.2) is 13.0 Å². The van der Waals surface area contributed by atoms with Gasteiger partial charge < -0.3 is 10.1 Å². The normalized spacial score (nSPS) is 11.6. The fourth-order valence-electron chi connectivity index (χ4n) is 2.23. The van der Waals surface area contributed by atoms with Crippen LogP contribution in [0.2, 0.25) is 10.0 Å². The van der Waals surface area contributed by atoms with Gasteiger partial charge in [-0.25, -0.2) is 0 Å². The van der Waals surface area contributed by atoms with E-state index >= 15 is 0 Å². The lowest BCUT2D eigenvalue weighted by molar-refractivity contribution is -0.111. The molecule has 5 heteroatoms. The second kappa shape index (κ2) is 7.94. The standard InChI is InChI=1S/C20H21Cl2NO2/c1-20(2,3)14-7-9-18(25-4)17(12-14)23-19(24)10-6-13-5-8-15(21)16(22)11-13/h5-12H,1-4H3,(H,23,24)/b10-6+. The van der Waals surface area contributed by atoms with Gasteiger partial charge in [0, 0.05) is 6.08 Å². The zero-order chi connectivity index (χ0) is 18.6. The van der Waals surface area contributed by atoms with Crippen LogP contribution >= 0.6 is 23.2 Å². The Labute approximate surface area is 158 Å². The summed E-state index contributed by atoms with van der Waals surface area (Å²) >= 11 is 11.9. The molecule has 0 aromatic heterocycles. The smallest absolute Gasteiger partial charge is 0.248 e. The van der Waals surface area contributed by atoms with Gasteiger partial charge in [0.1, 0.15) is 5.75 Å². The van der Waals surface area contributed by atoms with Gasteiger partial charge in [0.15, 0.2) is 0 Å². The molecule has 0 atom stereocenters.